The molecule has 0 fully saturated rings. The van der Waals surface area contributed by atoms with Gasteiger partial charge in [-0.3, -0.25) is 9.59 Å². The SMILES string of the molecule is CCc1ccc(C(CC(=O)OC)NC(=O)[C@@H](NC(=O)Oc2ccccc2)C(C)C)cc1. The highest BCUT2D eigenvalue weighted by atomic mass is 16.6. The van der Waals surface area contributed by atoms with Crippen molar-refractivity contribution in [2.75, 3.05) is 7.11 Å². The molecule has 2 rings (SSSR count). The van der Waals surface area contributed by atoms with Crippen molar-refractivity contribution in [3.63, 3.8) is 0 Å². The topological polar surface area (TPSA) is 93.7 Å². The van der Waals surface area contributed by atoms with Crippen molar-refractivity contribution in [2.24, 2.45) is 5.92 Å². The first-order valence-corrected chi connectivity index (χ1v) is 10.3. The molecule has 7 nitrogen and oxygen atoms in total. The maximum absolute atomic E-state index is 13.0. The Labute approximate surface area is 183 Å². The third-order valence-electron chi connectivity index (χ3n) is 4.88. The number of esters is 1. The molecule has 2 N–H and O–H groups in total. The Balaban J connectivity index is 2.12. The van der Waals surface area contributed by atoms with E-state index in [0.29, 0.717) is 5.75 Å². The van der Waals surface area contributed by atoms with Gasteiger partial charge >= 0.3 is 12.1 Å². The van der Waals surface area contributed by atoms with Gasteiger partial charge in [0.05, 0.1) is 19.6 Å². The molecule has 0 heterocycles. The summed E-state index contributed by atoms with van der Waals surface area (Å²) in [5.74, 6) is -0.678. The van der Waals surface area contributed by atoms with Gasteiger partial charge in [0.1, 0.15) is 11.8 Å². The molecule has 0 aliphatic carbocycles. The van der Waals surface area contributed by atoms with Gasteiger partial charge in [0.25, 0.3) is 0 Å². The summed E-state index contributed by atoms with van der Waals surface area (Å²) in [5.41, 5.74) is 1.93. The highest BCUT2D eigenvalue weighted by molar-refractivity contribution is 5.87. The minimum absolute atomic E-state index is 0.0208. The third kappa shape index (κ3) is 7.44. The van der Waals surface area contributed by atoms with E-state index in [1.807, 2.05) is 44.2 Å². The van der Waals surface area contributed by atoms with Crippen LogP contribution in [0.15, 0.2) is 54.6 Å². The predicted octanol–water partition coefficient (Wildman–Crippen LogP) is 3.78. The lowest BCUT2D eigenvalue weighted by molar-refractivity contribution is -0.141. The van der Waals surface area contributed by atoms with Gasteiger partial charge in [-0.2, -0.15) is 0 Å². The number of carbonyl (C=O) groups excluding carboxylic acids is 3. The summed E-state index contributed by atoms with van der Waals surface area (Å²) in [6.07, 6.45) is 0.140. The average Bonchev–Trinajstić information content (AvgIpc) is 2.77. The van der Waals surface area contributed by atoms with Crippen molar-refractivity contribution >= 4 is 18.0 Å². The van der Waals surface area contributed by atoms with E-state index in [1.165, 1.54) is 7.11 Å². The Morgan fingerprint density at radius 1 is 0.935 bits per heavy atom. The fraction of sp³-hybridized carbons (Fsp3) is 0.375. The van der Waals surface area contributed by atoms with Gasteiger partial charge in [-0.05, 0) is 35.6 Å². The average molecular weight is 427 g/mol. The number of nitrogens with one attached hydrogen (secondary N) is 2. The minimum Gasteiger partial charge on any atom is -0.469 e. The van der Waals surface area contributed by atoms with Crippen molar-refractivity contribution in [1.29, 1.82) is 0 Å². The van der Waals surface area contributed by atoms with Crippen LogP contribution in [0, 0.1) is 5.92 Å². The second-order valence-electron chi connectivity index (χ2n) is 7.51. The molecule has 2 aromatic carbocycles. The van der Waals surface area contributed by atoms with Crippen molar-refractivity contribution in [3.8, 4) is 5.75 Å². The Hall–Kier alpha value is -3.35. The quantitative estimate of drug-likeness (QED) is 0.595. The van der Waals surface area contributed by atoms with E-state index in [0.717, 1.165) is 17.5 Å². The molecular weight excluding hydrogens is 396 g/mol. The van der Waals surface area contributed by atoms with E-state index >= 15 is 0 Å². The number of aryl methyl sites for hydroxylation is 1. The van der Waals surface area contributed by atoms with Gasteiger partial charge in [-0.25, -0.2) is 4.79 Å². The number of hydrogen-bond donors (Lipinski definition) is 2. The molecule has 0 saturated heterocycles. The number of benzene rings is 2. The molecule has 7 heteroatoms. The first-order valence-electron chi connectivity index (χ1n) is 10.3. The summed E-state index contributed by atoms with van der Waals surface area (Å²) in [4.78, 5) is 37.2. The molecule has 0 aliphatic rings. The van der Waals surface area contributed by atoms with E-state index < -0.39 is 30.1 Å². The maximum atomic E-state index is 13.0. The van der Waals surface area contributed by atoms with Crippen LogP contribution in [-0.2, 0) is 20.7 Å². The summed E-state index contributed by atoms with van der Waals surface area (Å²) in [7, 11) is 1.31. The Kier molecular flexibility index (Phi) is 9.06. The second kappa shape index (κ2) is 11.7. The first-order chi connectivity index (χ1) is 14.8. The number of hydrogen-bond acceptors (Lipinski definition) is 5. The molecule has 0 radical (unpaired) electrons. The Morgan fingerprint density at radius 3 is 2.13 bits per heavy atom. The lowest BCUT2D eigenvalue weighted by Gasteiger charge is -2.25. The lowest BCUT2D eigenvalue weighted by Crippen LogP contribution is -2.51. The fourth-order valence-corrected chi connectivity index (χ4v) is 3.04. The molecule has 2 atom stereocenters. The van der Waals surface area contributed by atoms with Gasteiger partial charge in [0.2, 0.25) is 5.91 Å². The molecule has 2 amide bonds. The fourth-order valence-electron chi connectivity index (χ4n) is 3.04. The number of ether oxygens (including phenoxy) is 2. The highest BCUT2D eigenvalue weighted by Crippen LogP contribution is 2.20. The van der Waals surface area contributed by atoms with Gasteiger partial charge < -0.3 is 20.1 Å². The number of amides is 2. The smallest absolute Gasteiger partial charge is 0.413 e. The van der Waals surface area contributed by atoms with Gasteiger partial charge in [-0.15, -0.1) is 0 Å². The van der Waals surface area contributed by atoms with Crippen molar-refractivity contribution < 1.29 is 23.9 Å². The van der Waals surface area contributed by atoms with Crippen LogP contribution in [-0.4, -0.2) is 31.1 Å². The van der Waals surface area contributed by atoms with E-state index in [1.54, 1.807) is 24.3 Å². The largest absolute Gasteiger partial charge is 0.469 e. The van der Waals surface area contributed by atoms with Crippen LogP contribution < -0.4 is 15.4 Å². The van der Waals surface area contributed by atoms with E-state index in [9.17, 15) is 14.4 Å². The number of para-hydroxylation sites is 1. The summed E-state index contributed by atoms with van der Waals surface area (Å²) in [6.45, 7) is 5.69. The van der Waals surface area contributed by atoms with Crippen LogP contribution in [0.3, 0.4) is 0 Å². The zero-order valence-corrected chi connectivity index (χ0v) is 18.4. The van der Waals surface area contributed by atoms with Crippen molar-refractivity contribution in [3.05, 3.63) is 65.7 Å². The van der Waals surface area contributed by atoms with Crippen LogP contribution in [0.5, 0.6) is 5.75 Å². The van der Waals surface area contributed by atoms with Crippen LogP contribution in [0.2, 0.25) is 0 Å². The van der Waals surface area contributed by atoms with E-state index in [4.69, 9.17) is 9.47 Å². The van der Waals surface area contributed by atoms with Crippen LogP contribution >= 0.6 is 0 Å². The maximum Gasteiger partial charge on any atom is 0.413 e. The third-order valence-corrected chi connectivity index (χ3v) is 4.88. The summed E-state index contributed by atoms with van der Waals surface area (Å²) >= 11 is 0. The van der Waals surface area contributed by atoms with Crippen molar-refractivity contribution in [1.82, 2.24) is 10.6 Å². The molecule has 166 valence electrons. The molecule has 0 aromatic heterocycles. The first kappa shape index (κ1) is 23.9. The molecule has 0 bridgehead atoms. The normalized spacial score (nSPS) is 12.5. The van der Waals surface area contributed by atoms with Gasteiger partial charge in [-0.1, -0.05) is 63.2 Å². The lowest BCUT2D eigenvalue weighted by atomic mass is 9.99. The standard InChI is InChI=1S/C24H30N2O5/c1-5-17-11-13-18(14-12-17)20(15-21(27)30-4)25-23(28)22(16(2)3)26-24(29)31-19-9-7-6-8-10-19/h6-14,16,20,22H,5,15H2,1-4H3,(H,25,28)(H,26,29)/t20?,22-/m0/s1. The van der Waals surface area contributed by atoms with E-state index in [-0.39, 0.29) is 12.3 Å². The van der Waals surface area contributed by atoms with Gasteiger partial charge in [0.15, 0.2) is 0 Å². The minimum atomic E-state index is -0.841. The highest BCUT2D eigenvalue weighted by Gasteiger charge is 2.28. The zero-order chi connectivity index (χ0) is 22.8. The second-order valence-corrected chi connectivity index (χ2v) is 7.51. The molecule has 2 aromatic rings. The number of methoxy groups -OCH3 is 1. The number of carbonyl (C=O) groups is 3. The van der Waals surface area contributed by atoms with Crippen LogP contribution in [0.1, 0.15) is 44.4 Å². The molecule has 1 unspecified atom stereocenters. The Morgan fingerprint density at radius 2 is 1.58 bits per heavy atom. The summed E-state index contributed by atoms with van der Waals surface area (Å²) in [5, 5.41) is 5.49. The van der Waals surface area contributed by atoms with Crippen LogP contribution in [0.4, 0.5) is 4.79 Å². The molecule has 0 saturated carbocycles. The molecule has 31 heavy (non-hydrogen) atoms. The zero-order valence-electron chi connectivity index (χ0n) is 18.4. The summed E-state index contributed by atoms with van der Waals surface area (Å²) in [6, 6.07) is 14.9. The van der Waals surface area contributed by atoms with E-state index in [2.05, 4.69) is 17.6 Å². The molecule has 0 aliphatic heterocycles. The molecular formula is C24H30N2O5. The van der Waals surface area contributed by atoms with Gasteiger partial charge in [0, 0.05) is 0 Å². The monoisotopic (exact) mass is 426 g/mol. The summed E-state index contributed by atoms with van der Waals surface area (Å²) < 4.78 is 10.0. The number of rotatable bonds is 9. The molecule has 0 spiro atoms. The van der Waals surface area contributed by atoms with Crippen molar-refractivity contribution in [2.45, 2.75) is 45.7 Å². The van der Waals surface area contributed by atoms with Crippen LogP contribution in [0.25, 0.3) is 0 Å². The Bertz CT molecular complexity index is 865. The predicted molar refractivity (Wildman–Crippen MR) is 118 cm³/mol.